The van der Waals surface area contributed by atoms with E-state index in [4.69, 9.17) is 5.73 Å². The van der Waals surface area contributed by atoms with Crippen LogP contribution in [-0.4, -0.2) is 49.9 Å². The van der Waals surface area contributed by atoms with Gasteiger partial charge in [-0.05, 0) is 43.2 Å². The van der Waals surface area contributed by atoms with Crippen molar-refractivity contribution in [1.29, 1.82) is 0 Å². The molecule has 152 valence electrons. The molecule has 0 radical (unpaired) electrons. The number of carbonyl (C=O) groups is 1. The van der Waals surface area contributed by atoms with Gasteiger partial charge in [0.25, 0.3) is 0 Å². The first-order chi connectivity index (χ1) is 12.6. The van der Waals surface area contributed by atoms with Crippen LogP contribution in [0.15, 0.2) is 12.1 Å². The summed E-state index contributed by atoms with van der Waals surface area (Å²) in [5, 5.41) is 0. The lowest BCUT2D eigenvalue weighted by Crippen LogP contribution is -2.45. The minimum atomic E-state index is -3.39. The molecule has 1 fully saturated rings. The molecule has 0 bridgehead atoms. The number of sulfone groups is 1. The molecule has 1 aliphatic rings. The van der Waals surface area contributed by atoms with Crippen LogP contribution in [0.1, 0.15) is 31.7 Å². The highest BCUT2D eigenvalue weighted by Crippen LogP contribution is 2.24. The van der Waals surface area contributed by atoms with E-state index in [0.717, 1.165) is 6.07 Å². The Kier molecular flexibility index (Phi) is 7.27. The van der Waals surface area contributed by atoms with Crippen molar-refractivity contribution in [2.75, 3.05) is 24.6 Å². The molecule has 27 heavy (non-hydrogen) atoms. The predicted molar refractivity (Wildman–Crippen MR) is 96.2 cm³/mol. The Labute approximate surface area is 157 Å². The van der Waals surface area contributed by atoms with Crippen LogP contribution in [0.5, 0.6) is 0 Å². The van der Waals surface area contributed by atoms with Crippen molar-refractivity contribution in [3.8, 4) is 0 Å². The maximum absolute atomic E-state index is 13.8. The van der Waals surface area contributed by atoms with Crippen LogP contribution in [-0.2, 0) is 21.1 Å². The standard InChI is InChI=1S/C18H25F3N2O3S/c1-2-7-27(25,26)11-18(24)23-5-3-12(4-6-23)17(22)9-13-8-15(20)16(21)10-14(13)19/h8,10,12,17H,2-7,9,11,22H2,1H3. The first-order valence-electron chi connectivity index (χ1n) is 9.00. The average Bonchev–Trinajstić information content (AvgIpc) is 2.59. The van der Waals surface area contributed by atoms with Crippen molar-refractivity contribution in [1.82, 2.24) is 4.90 Å². The van der Waals surface area contributed by atoms with E-state index in [1.807, 2.05) is 0 Å². The molecule has 9 heteroatoms. The van der Waals surface area contributed by atoms with E-state index >= 15 is 0 Å². The highest BCUT2D eigenvalue weighted by atomic mass is 32.2. The molecular formula is C18H25F3N2O3S. The molecule has 1 atom stereocenters. The second-order valence-corrected chi connectivity index (χ2v) is 9.22. The molecule has 1 amide bonds. The molecule has 0 spiro atoms. The summed E-state index contributed by atoms with van der Waals surface area (Å²) in [5.41, 5.74) is 6.14. The fourth-order valence-corrected chi connectivity index (χ4v) is 4.71. The average molecular weight is 406 g/mol. The van der Waals surface area contributed by atoms with E-state index in [1.165, 1.54) is 4.90 Å². The van der Waals surface area contributed by atoms with Crippen LogP contribution in [0.25, 0.3) is 0 Å². The van der Waals surface area contributed by atoms with Crippen LogP contribution < -0.4 is 5.73 Å². The van der Waals surface area contributed by atoms with Crippen molar-refractivity contribution < 1.29 is 26.4 Å². The Morgan fingerprint density at radius 3 is 2.37 bits per heavy atom. The Balaban J connectivity index is 1.90. The summed E-state index contributed by atoms with van der Waals surface area (Å²) in [7, 11) is -3.39. The van der Waals surface area contributed by atoms with Crippen molar-refractivity contribution in [2.24, 2.45) is 11.7 Å². The van der Waals surface area contributed by atoms with Gasteiger partial charge in [-0.1, -0.05) is 6.92 Å². The molecule has 5 nitrogen and oxygen atoms in total. The molecule has 1 aromatic carbocycles. The third-order valence-corrected chi connectivity index (χ3v) is 6.62. The second-order valence-electron chi connectivity index (χ2n) is 7.04. The maximum atomic E-state index is 13.8. The number of amides is 1. The molecule has 0 aromatic heterocycles. The minimum Gasteiger partial charge on any atom is -0.342 e. The highest BCUT2D eigenvalue weighted by Gasteiger charge is 2.29. The van der Waals surface area contributed by atoms with Crippen molar-refractivity contribution >= 4 is 15.7 Å². The molecule has 1 aromatic rings. The Morgan fingerprint density at radius 2 is 1.78 bits per heavy atom. The molecule has 0 aliphatic carbocycles. The number of likely N-dealkylation sites (tertiary alicyclic amines) is 1. The summed E-state index contributed by atoms with van der Waals surface area (Å²) in [5.74, 6) is -4.13. The van der Waals surface area contributed by atoms with E-state index in [2.05, 4.69) is 0 Å². The molecule has 1 heterocycles. The lowest BCUT2D eigenvalue weighted by Gasteiger charge is -2.35. The third-order valence-electron chi connectivity index (χ3n) is 4.90. The molecular weight excluding hydrogens is 381 g/mol. The third kappa shape index (κ3) is 5.93. The van der Waals surface area contributed by atoms with Crippen LogP contribution in [0, 0.1) is 23.4 Å². The fourth-order valence-electron chi connectivity index (χ4n) is 3.38. The molecule has 1 unspecified atom stereocenters. The van der Waals surface area contributed by atoms with E-state index < -0.39 is 45.0 Å². The van der Waals surface area contributed by atoms with E-state index in [-0.39, 0.29) is 23.7 Å². The van der Waals surface area contributed by atoms with Gasteiger partial charge in [0.1, 0.15) is 11.6 Å². The Hall–Kier alpha value is -1.61. The topological polar surface area (TPSA) is 80.5 Å². The van der Waals surface area contributed by atoms with Crippen LogP contribution in [0.3, 0.4) is 0 Å². The minimum absolute atomic E-state index is 0.0140. The van der Waals surface area contributed by atoms with Gasteiger partial charge in [0.2, 0.25) is 5.91 Å². The molecule has 2 rings (SSSR count). The number of hydrogen-bond acceptors (Lipinski definition) is 4. The zero-order valence-corrected chi connectivity index (χ0v) is 16.1. The Morgan fingerprint density at radius 1 is 1.19 bits per heavy atom. The maximum Gasteiger partial charge on any atom is 0.237 e. The molecule has 0 saturated carbocycles. The molecule has 1 aliphatic heterocycles. The van der Waals surface area contributed by atoms with Crippen molar-refractivity contribution in [3.63, 3.8) is 0 Å². The summed E-state index contributed by atoms with van der Waals surface area (Å²) in [4.78, 5) is 13.7. The van der Waals surface area contributed by atoms with Gasteiger partial charge in [-0.2, -0.15) is 0 Å². The smallest absolute Gasteiger partial charge is 0.237 e. The summed E-state index contributed by atoms with van der Waals surface area (Å²) >= 11 is 0. The van der Waals surface area contributed by atoms with Gasteiger partial charge in [0, 0.05) is 25.2 Å². The number of nitrogens with zero attached hydrogens (tertiary/aromatic N) is 1. The van der Waals surface area contributed by atoms with Gasteiger partial charge in [0.15, 0.2) is 21.5 Å². The van der Waals surface area contributed by atoms with Crippen LogP contribution in [0.4, 0.5) is 13.2 Å². The number of hydrogen-bond donors (Lipinski definition) is 1. The normalized spacial score (nSPS) is 17.1. The van der Waals surface area contributed by atoms with E-state index in [1.54, 1.807) is 6.92 Å². The quantitative estimate of drug-likeness (QED) is 0.703. The Bertz CT molecular complexity index is 778. The summed E-state index contributed by atoms with van der Waals surface area (Å²) < 4.78 is 63.7. The van der Waals surface area contributed by atoms with Crippen LogP contribution >= 0.6 is 0 Å². The number of piperidine rings is 1. The summed E-state index contributed by atoms with van der Waals surface area (Å²) in [6.45, 7) is 2.49. The second kappa shape index (κ2) is 9.05. The van der Waals surface area contributed by atoms with Crippen molar-refractivity contribution in [2.45, 2.75) is 38.6 Å². The largest absolute Gasteiger partial charge is 0.342 e. The lowest BCUT2D eigenvalue weighted by molar-refractivity contribution is -0.129. The van der Waals surface area contributed by atoms with Gasteiger partial charge in [-0.15, -0.1) is 0 Å². The first-order valence-corrected chi connectivity index (χ1v) is 10.8. The van der Waals surface area contributed by atoms with Gasteiger partial charge < -0.3 is 10.6 Å². The van der Waals surface area contributed by atoms with Gasteiger partial charge in [-0.3, -0.25) is 4.79 Å². The number of nitrogens with two attached hydrogens (primary N) is 1. The lowest BCUT2D eigenvalue weighted by atomic mass is 9.86. The van der Waals surface area contributed by atoms with E-state index in [0.29, 0.717) is 38.4 Å². The van der Waals surface area contributed by atoms with Crippen molar-refractivity contribution in [3.05, 3.63) is 35.1 Å². The molecule has 2 N–H and O–H groups in total. The van der Waals surface area contributed by atoms with E-state index in [9.17, 15) is 26.4 Å². The monoisotopic (exact) mass is 406 g/mol. The number of rotatable bonds is 7. The SMILES string of the molecule is CCCS(=O)(=O)CC(=O)N1CCC(C(N)Cc2cc(F)c(F)cc2F)CC1. The summed E-state index contributed by atoms with van der Waals surface area (Å²) in [6.07, 6.45) is 1.62. The predicted octanol–water partition coefficient (Wildman–Crippen LogP) is 2.04. The zero-order valence-electron chi connectivity index (χ0n) is 15.3. The van der Waals surface area contributed by atoms with Gasteiger partial charge in [-0.25, -0.2) is 21.6 Å². The fraction of sp³-hybridized carbons (Fsp3) is 0.611. The van der Waals surface area contributed by atoms with Crippen LogP contribution in [0.2, 0.25) is 0 Å². The summed E-state index contributed by atoms with van der Waals surface area (Å²) in [6, 6.07) is 0.863. The molecule has 1 saturated heterocycles. The van der Waals surface area contributed by atoms with Gasteiger partial charge >= 0.3 is 0 Å². The zero-order chi connectivity index (χ0) is 20.2. The number of carbonyl (C=O) groups excluding carboxylic acids is 1. The number of halogens is 3. The van der Waals surface area contributed by atoms with Gasteiger partial charge in [0.05, 0.1) is 5.75 Å². The first kappa shape index (κ1) is 21.7. The highest BCUT2D eigenvalue weighted by molar-refractivity contribution is 7.92. The number of benzene rings is 1.